The zero-order valence-corrected chi connectivity index (χ0v) is 19.3. The third-order valence-corrected chi connectivity index (χ3v) is 5.60. The van der Waals surface area contributed by atoms with Crippen molar-refractivity contribution in [2.75, 3.05) is 47.0 Å². The molecule has 1 saturated heterocycles. The van der Waals surface area contributed by atoms with Gasteiger partial charge in [0.15, 0.2) is 18.1 Å². The van der Waals surface area contributed by atoms with Gasteiger partial charge in [-0.3, -0.25) is 9.59 Å². The van der Waals surface area contributed by atoms with Crippen molar-refractivity contribution in [2.45, 2.75) is 19.8 Å². The molecule has 0 spiro atoms. The fourth-order valence-corrected chi connectivity index (χ4v) is 3.62. The Kier molecular flexibility index (Phi) is 8.29. The molecule has 1 aliphatic rings. The Hall–Kier alpha value is -3.55. The molecule has 1 aliphatic heterocycles. The highest BCUT2D eigenvalue weighted by atomic mass is 16.5. The van der Waals surface area contributed by atoms with Crippen LogP contribution in [0.15, 0.2) is 42.5 Å². The highest BCUT2D eigenvalue weighted by Gasteiger charge is 2.25. The Labute approximate surface area is 194 Å². The Morgan fingerprint density at radius 3 is 2.09 bits per heavy atom. The second-order valence-corrected chi connectivity index (χ2v) is 7.88. The molecule has 1 heterocycles. The van der Waals surface area contributed by atoms with Gasteiger partial charge >= 0.3 is 0 Å². The normalized spacial score (nSPS) is 13.4. The fraction of sp³-hybridized carbons (Fsp3) is 0.400. The summed E-state index contributed by atoms with van der Waals surface area (Å²) in [6, 6.07) is 12.5. The molecule has 0 atom stereocenters. The predicted molar refractivity (Wildman–Crippen MR) is 123 cm³/mol. The summed E-state index contributed by atoms with van der Waals surface area (Å²) in [7, 11) is 3.08. The zero-order chi connectivity index (χ0) is 23.8. The summed E-state index contributed by atoms with van der Waals surface area (Å²) in [6.45, 7) is 3.31. The van der Waals surface area contributed by atoms with Crippen molar-refractivity contribution in [3.8, 4) is 17.2 Å². The number of hydrogen-bond acceptors (Lipinski definition) is 6. The van der Waals surface area contributed by atoms with Crippen molar-refractivity contribution in [2.24, 2.45) is 0 Å². The van der Waals surface area contributed by atoms with Crippen LogP contribution in [0.2, 0.25) is 0 Å². The monoisotopic (exact) mass is 454 g/mol. The van der Waals surface area contributed by atoms with Crippen LogP contribution in [0.25, 0.3) is 0 Å². The van der Waals surface area contributed by atoms with E-state index in [1.165, 1.54) is 7.11 Å². The zero-order valence-electron chi connectivity index (χ0n) is 19.3. The van der Waals surface area contributed by atoms with Crippen molar-refractivity contribution in [3.63, 3.8) is 0 Å². The van der Waals surface area contributed by atoms with Crippen molar-refractivity contribution in [1.29, 1.82) is 0 Å². The Morgan fingerprint density at radius 1 is 0.848 bits per heavy atom. The number of Topliss-reactive ketones (excluding diaryl/α,β-unsaturated/α-hetero) is 1. The number of carbonyl (C=O) groups is 3. The molecule has 176 valence electrons. The van der Waals surface area contributed by atoms with Crippen molar-refractivity contribution < 1.29 is 28.6 Å². The third kappa shape index (κ3) is 6.47. The highest BCUT2D eigenvalue weighted by molar-refractivity contribution is 5.95. The lowest BCUT2D eigenvalue weighted by molar-refractivity contribution is -0.134. The molecule has 1 fully saturated rings. The van der Waals surface area contributed by atoms with Crippen LogP contribution in [0.5, 0.6) is 17.2 Å². The lowest BCUT2D eigenvalue weighted by atomic mass is 10.1. The van der Waals surface area contributed by atoms with Gasteiger partial charge in [-0.2, -0.15) is 0 Å². The number of rotatable bonds is 9. The fourth-order valence-electron chi connectivity index (χ4n) is 3.62. The molecule has 3 rings (SSSR count). The van der Waals surface area contributed by atoms with Crippen LogP contribution in [0, 0.1) is 0 Å². The van der Waals surface area contributed by atoms with E-state index in [-0.39, 0.29) is 24.2 Å². The number of ketones is 1. The van der Waals surface area contributed by atoms with Crippen LogP contribution >= 0.6 is 0 Å². The minimum Gasteiger partial charge on any atom is -0.493 e. The molecule has 8 heteroatoms. The standard InChI is InChI=1S/C25H30N2O6/c1-18(28)4-5-19-6-9-21(10-7-19)33-17-24(29)26-12-14-27(15-13-26)25(30)20-8-11-22(31-2)23(16-20)32-3/h6-11,16H,4-5,12-15,17H2,1-3H3. The topological polar surface area (TPSA) is 85.4 Å². The van der Waals surface area contributed by atoms with Crippen LogP contribution in [-0.4, -0.2) is 74.4 Å². The van der Waals surface area contributed by atoms with Gasteiger partial charge in [0.1, 0.15) is 11.5 Å². The smallest absolute Gasteiger partial charge is 0.260 e. The number of nitrogens with zero attached hydrogens (tertiary/aromatic N) is 2. The number of amides is 2. The molecule has 0 aromatic heterocycles. The molecule has 2 amide bonds. The van der Waals surface area contributed by atoms with E-state index in [4.69, 9.17) is 14.2 Å². The minimum absolute atomic E-state index is 0.0591. The van der Waals surface area contributed by atoms with Gasteiger partial charge < -0.3 is 28.8 Å². The van der Waals surface area contributed by atoms with E-state index in [9.17, 15) is 14.4 Å². The molecule has 2 aromatic rings. The second-order valence-electron chi connectivity index (χ2n) is 7.88. The summed E-state index contributed by atoms with van der Waals surface area (Å²) in [5, 5.41) is 0. The number of methoxy groups -OCH3 is 2. The first-order valence-corrected chi connectivity index (χ1v) is 10.9. The molecule has 0 unspecified atom stereocenters. The van der Waals surface area contributed by atoms with E-state index >= 15 is 0 Å². The van der Waals surface area contributed by atoms with Gasteiger partial charge in [0, 0.05) is 38.2 Å². The van der Waals surface area contributed by atoms with E-state index < -0.39 is 0 Å². The maximum Gasteiger partial charge on any atom is 0.260 e. The second kappa shape index (κ2) is 11.4. The van der Waals surface area contributed by atoms with Crippen LogP contribution in [0.1, 0.15) is 29.3 Å². The molecule has 33 heavy (non-hydrogen) atoms. The average Bonchev–Trinajstić information content (AvgIpc) is 2.85. The van der Waals surface area contributed by atoms with Gasteiger partial charge in [-0.25, -0.2) is 0 Å². The van der Waals surface area contributed by atoms with Gasteiger partial charge in [-0.15, -0.1) is 0 Å². The lowest BCUT2D eigenvalue weighted by Crippen LogP contribution is -2.51. The molecule has 0 bridgehead atoms. The summed E-state index contributed by atoms with van der Waals surface area (Å²) >= 11 is 0. The summed E-state index contributed by atoms with van der Waals surface area (Å²) < 4.78 is 16.1. The average molecular weight is 455 g/mol. The van der Waals surface area contributed by atoms with E-state index in [1.807, 2.05) is 24.3 Å². The molecular formula is C25H30N2O6. The molecule has 0 aliphatic carbocycles. The van der Waals surface area contributed by atoms with Gasteiger partial charge in [0.05, 0.1) is 14.2 Å². The Balaban J connectivity index is 1.47. The largest absolute Gasteiger partial charge is 0.493 e. The summed E-state index contributed by atoms with van der Waals surface area (Å²) in [6.07, 6.45) is 1.21. The van der Waals surface area contributed by atoms with Crippen molar-refractivity contribution in [3.05, 3.63) is 53.6 Å². The minimum atomic E-state index is -0.117. The first kappa shape index (κ1) is 24.1. The molecule has 0 N–H and O–H groups in total. The maximum absolute atomic E-state index is 12.8. The van der Waals surface area contributed by atoms with Gasteiger partial charge in [0.25, 0.3) is 11.8 Å². The molecule has 2 aromatic carbocycles. The van der Waals surface area contributed by atoms with E-state index in [0.29, 0.717) is 61.8 Å². The van der Waals surface area contributed by atoms with Crippen molar-refractivity contribution in [1.82, 2.24) is 9.80 Å². The Bertz CT molecular complexity index is 981. The van der Waals surface area contributed by atoms with E-state index in [1.54, 1.807) is 42.0 Å². The van der Waals surface area contributed by atoms with Gasteiger partial charge in [0.2, 0.25) is 0 Å². The molecule has 0 radical (unpaired) electrons. The number of piperazine rings is 1. The number of benzene rings is 2. The van der Waals surface area contributed by atoms with Crippen LogP contribution < -0.4 is 14.2 Å². The van der Waals surface area contributed by atoms with E-state index in [0.717, 1.165) is 5.56 Å². The van der Waals surface area contributed by atoms with Gasteiger partial charge in [-0.05, 0) is 49.2 Å². The SMILES string of the molecule is COc1ccc(C(=O)N2CCN(C(=O)COc3ccc(CCC(C)=O)cc3)CC2)cc1OC. The highest BCUT2D eigenvalue weighted by Crippen LogP contribution is 2.28. The predicted octanol–water partition coefficient (Wildman–Crippen LogP) is 2.59. The first-order chi connectivity index (χ1) is 15.9. The molecular weight excluding hydrogens is 424 g/mol. The Morgan fingerprint density at radius 2 is 1.48 bits per heavy atom. The third-order valence-electron chi connectivity index (χ3n) is 5.60. The quantitative estimate of drug-likeness (QED) is 0.579. The number of carbonyl (C=O) groups excluding carboxylic acids is 3. The van der Waals surface area contributed by atoms with Crippen molar-refractivity contribution >= 4 is 17.6 Å². The molecule has 8 nitrogen and oxygen atoms in total. The van der Waals surface area contributed by atoms with Crippen LogP contribution in [-0.2, 0) is 16.0 Å². The lowest BCUT2D eigenvalue weighted by Gasteiger charge is -2.34. The maximum atomic E-state index is 12.8. The molecule has 0 saturated carbocycles. The van der Waals surface area contributed by atoms with Crippen LogP contribution in [0.3, 0.4) is 0 Å². The summed E-state index contributed by atoms with van der Waals surface area (Å²) in [5.74, 6) is 1.61. The number of ether oxygens (including phenoxy) is 3. The van der Waals surface area contributed by atoms with Gasteiger partial charge in [-0.1, -0.05) is 12.1 Å². The summed E-state index contributed by atoms with van der Waals surface area (Å²) in [5.41, 5.74) is 1.57. The first-order valence-electron chi connectivity index (χ1n) is 10.9. The number of aryl methyl sites for hydroxylation is 1. The number of hydrogen-bond donors (Lipinski definition) is 0. The van der Waals surface area contributed by atoms with E-state index in [2.05, 4.69) is 0 Å². The van der Waals surface area contributed by atoms with Crippen LogP contribution in [0.4, 0.5) is 0 Å². The summed E-state index contributed by atoms with van der Waals surface area (Å²) in [4.78, 5) is 39.9.